The second-order valence-corrected chi connectivity index (χ2v) is 7.62. The summed E-state index contributed by atoms with van der Waals surface area (Å²) < 4.78 is 26.8. The van der Waals surface area contributed by atoms with E-state index in [1.165, 1.54) is 0 Å². The van der Waals surface area contributed by atoms with Crippen molar-refractivity contribution in [2.24, 2.45) is 0 Å². The molecule has 1 aliphatic carbocycles. The maximum Gasteiger partial charge on any atom is 0.214 e. The molecule has 20 heavy (non-hydrogen) atoms. The van der Waals surface area contributed by atoms with Crippen molar-refractivity contribution in [1.82, 2.24) is 24.6 Å². The lowest BCUT2D eigenvalue weighted by molar-refractivity contribution is 0.190. The summed E-state index contributed by atoms with van der Waals surface area (Å²) in [4.78, 5) is 3.95. The SMILES string of the molecule is O=S(=O)(NC1CCCN(CCn2nccn2)C1)C1CC1. The molecule has 1 saturated heterocycles. The lowest BCUT2D eigenvalue weighted by Crippen LogP contribution is -2.49. The maximum absolute atomic E-state index is 12.0. The minimum Gasteiger partial charge on any atom is -0.300 e. The van der Waals surface area contributed by atoms with Crippen LogP contribution in [0.4, 0.5) is 0 Å². The molecule has 0 bridgehead atoms. The molecule has 1 unspecified atom stereocenters. The number of nitrogens with one attached hydrogen (secondary N) is 1. The molecule has 1 aromatic heterocycles. The van der Waals surface area contributed by atoms with Gasteiger partial charge in [-0.15, -0.1) is 0 Å². The molecule has 1 aromatic rings. The number of likely N-dealkylation sites (tertiary alicyclic amines) is 1. The number of nitrogens with zero attached hydrogens (tertiary/aromatic N) is 4. The molecule has 8 heteroatoms. The van der Waals surface area contributed by atoms with Crippen molar-refractivity contribution in [2.75, 3.05) is 19.6 Å². The minimum absolute atomic E-state index is 0.0555. The van der Waals surface area contributed by atoms with Crippen LogP contribution in [0.25, 0.3) is 0 Å². The maximum atomic E-state index is 12.0. The van der Waals surface area contributed by atoms with Gasteiger partial charge in [-0.2, -0.15) is 15.0 Å². The van der Waals surface area contributed by atoms with Gasteiger partial charge in [0.2, 0.25) is 10.0 Å². The number of piperidine rings is 1. The fraction of sp³-hybridized carbons (Fsp3) is 0.833. The lowest BCUT2D eigenvalue weighted by Gasteiger charge is -2.32. The molecular formula is C12H21N5O2S. The van der Waals surface area contributed by atoms with Gasteiger partial charge >= 0.3 is 0 Å². The minimum atomic E-state index is -3.07. The summed E-state index contributed by atoms with van der Waals surface area (Å²) in [7, 11) is -3.07. The van der Waals surface area contributed by atoms with E-state index < -0.39 is 10.0 Å². The molecule has 1 atom stereocenters. The fourth-order valence-corrected chi connectivity index (χ4v) is 4.26. The molecule has 0 amide bonds. The monoisotopic (exact) mass is 299 g/mol. The topological polar surface area (TPSA) is 80.1 Å². The molecular weight excluding hydrogens is 278 g/mol. The molecule has 1 N–H and O–H groups in total. The number of hydrogen-bond acceptors (Lipinski definition) is 5. The molecule has 0 spiro atoms. The van der Waals surface area contributed by atoms with Crippen molar-refractivity contribution in [3.05, 3.63) is 12.4 Å². The zero-order chi connectivity index (χ0) is 14.0. The largest absolute Gasteiger partial charge is 0.300 e. The van der Waals surface area contributed by atoms with Crippen molar-refractivity contribution in [3.63, 3.8) is 0 Å². The Hall–Kier alpha value is -0.990. The Labute approximate surface area is 119 Å². The highest BCUT2D eigenvalue weighted by Gasteiger charge is 2.37. The van der Waals surface area contributed by atoms with E-state index in [0.717, 1.165) is 51.9 Å². The smallest absolute Gasteiger partial charge is 0.214 e. The van der Waals surface area contributed by atoms with Gasteiger partial charge in [-0.25, -0.2) is 13.1 Å². The van der Waals surface area contributed by atoms with Crippen LogP contribution in [0.1, 0.15) is 25.7 Å². The van der Waals surface area contributed by atoms with E-state index in [9.17, 15) is 8.42 Å². The lowest BCUT2D eigenvalue weighted by atomic mass is 10.1. The average molecular weight is 299 g/mol. The summed E-state index contributed by atoms with van der Waals surface area (Å²) in [5.41, 5.74) is 0. The van der Waals surface area contributed by atoms with Crippen molar-refractivity contribution >= 4 is 10.0 Å². The first kappa shape index (κ1) is 14.0. The highest BCUT2D eigenvalue weighted by atomic mass is 32.2. The normalized spacial score (nSPS) is 24.9. The second kappa shape index (κ2) is 5.79. The molecule has 2 fully saturated rings. The van der Waals surface area contributed by atoms with Gasteiger partial charge in [0.1, 0.15) is 0 Å². The number of sulfonamides is 1. The van der Waals surface area contributed by atoms with Gasteiger partial charge in [-0.05, 0) is 32.2 Å². The van der Waals surface area contributed by atoms with Crippen molar-refractivity contribution in [1.29, 1.82) is 0 Å². The Bertz CT molecular complexity index is 526. The van der Waals surface area contributed by atoms with Gasteiger partial charge in [0.15, 0.2) is 0 Å². The van der Waals surface area contributed by atoms with Crippen LogP contribution in [0, 0.1) is 0 Å². The Kier molecular flexibility index (Phi) is 4.04. The van der Waals surface area contributed by atoms with Crippen LogP contribution in [-0.2, 0) is 16.6 Å². The van der Waals surface area contributed by atoms with Gasteiger partial charge in [0.05, 0.1) is 24.2 Å². The van der Waals surface area contributed by atoms with Crippen LogP contribution < -0.4 is 4.72 Å². The van der Waals surface area contributed by atoms with Crippen LogP contribution in [-0.4, -0.2) is 59.2 Å². The van der Waals surface area contributed by atoms with Gasteiger partial charge in [0, 0.05) is 19.1 Å². The van der Waals surface area contributed by atoms with E-state index >= 15 is 0 Å². The molecule has 0 radical (unpaired) electrons. The number of rotatable bonds is 6. The summed E-state index contributed by atoms with van der Waals surface area (Å²) >= 11 is 0. The van der Waals surface area contributed by atoms with E-state index in [-0.39, 0.29) is 11.3 Å². The van der Waals surface area contributed by atoms with E-state index in [1.807, 2.05) is 0 Å². The second-order valence-electron chi connectivity index (χ2n) is 5.63. The van der Waals surface area contributed by atoms with E-state index in [2.05, 4.69) is 19.8 Å². The van der Waals surface area contributed by atoms with Crippen LogP contribution in [0.2, 0.25) is 0 Å². The molecule has 112 valence electrons. The van der Waals surface area contributed by atoms with Gasteiger partial charge in [-0.1, -0.05) is 0 Å². The van der Waals surface area contributed by atoms with Crippen LogP contribution >= 0.6 is 0 Å². The summed E-state index contributed by atoms with van der Waals surface area (Å²) in [6.45, 7) is 3.40. The van der Waals surface area contributed by atoms with Crippen molar-refractivity contribution in [3.8, 4) is 0 Å². The van der Waals surface area contributed by atoms with Crippen LogP contribution in [0.5, 0.6) is 0 Å². The zero-order valence-electron chi connectivity index (χ0n) is 11.5. The predicted molar refractivity (Wildman–Crippen MR) is 74.6 cm³/mol. The Balaban J connectivity index is 1.48. The summed E-state index contributed by atoms with van der Waals surface area (Å²) in [5.74, 6) is 0. The average Bonchev–Trinajstić information content (AvgIpc) is 3.16. The number of hydrogen-bond donors (Lipinski definition) is 1. The van der Waals surface area contributed by atoms with Gasteiger partial charge < -0.3 is 0 Å². The molecule has 7 nitrogen and oxygen atoms in total. The van der Waals surface area contributed by atoms with Crippen LogP contribution in [0.3, 0.4) is 0 Å². The molecule has 2 aliphatic rings. The number of aromatic nitrogens is 3. The third-order valence-electron chi connectivity index (χ3n) is 3.88. The molecule has 2 heterocycles. The standard InChI is InChI=1S/C12H21N5O2S/c18-20(19,12-3-4-12)15-11-2-1-7-16(10-11)8-9-17-13-5-6-14-17/h5-6,11-12,15H,1-4,7-10H2. The third kappa shape index (κ3) is 3.56. The van der Waals surface area contributed by atoms with E-state index in [1.54, 1.807) is 17.2 Å². The van der Waals surface area contributed by atoms with Crippen LogP contribution in [0.15, 0.2) is 12.4 Å². The summed E-state index contributed by atoms with van der Waals surface area (Å²) in [6.07, 6.45) is 6.94. The summed E-state index contributed by atoms with van der Waals surface area (Å²) in [6, 6.07) is 0.0555. The molecule has 1 saturated carbocycles. The highest BCUT2D eigenvalue weighted by molar-refractivity contribution is 7.90. The van der Waals surface area contributed by atoms with Crippen molar-refractivity contribution in [2.45, 2.75) is 43.5 Å². The molecule has 1 aliphatic heterocycles. The van der Waals surface area contributed by atoms with Gasteiger partial charge in [-0.3, -0.25) is 4.90 Å². The first-order chi connectivity index (χ1) is 9.63. The Morgan fingerprint density at radius 2 is 1.90 bits per heavy atom. The quantitative estimate of drug-likeness (QED) is 0.788. The first-order valence-electron chi connectivity index (χ1n) is 7.21. The Morgan fingerprint density at radius 1 is 1.15 bits per heavy atom. The molecule has 0 aromatic carbocycles. The Morgan fingerprint density at radius 3 is 2.60 bits per heavy atom. The summed E-state index contributed by atoms with van der Waals surface area (Å²) in [5, 5.41) is 8.02. The molecule has 3 rings (SSSR count). The first-order valence-corrected chi connectivity index (χ1v) is 8.76. The predicted octanol–water partition coefficient (Wildman–Crippen LogP) is -0.176. The van der Waals surface area contributed by atoms with E-state index in [0.29, 0.717) is 0 Å². The highest BCUT2D eigenvalue weighted by Crippen LogP contribution is 2.28. The zero-order valence-corrected chi connectivity index (χ0v) is 12.3. The fourth-order valence-electron chi connectivity index (χ4n) is 2.65. The van der Waals surface area contributed by atoms with Crippen molar-refractivity contribution < 1.29 is 8.42 Å². The van der Waals surface area contributed by atoms with Gasteiger partial charge in [0.25, 0.3) is 0 Å². The third-order valence-corrected chi connectivity index (χ3v) is 5.89. The van der Waals surface area contributed by atoms with E-state index in [4.69, 9.17) is 0 Å².